The van der Waals surface area contributed by atoms with Crippen molar-refractivity contribution in [3.8, 4) is 0 Å². The molecule has 0 saturated heterocycles. The van der Waals surface area contributed by atoms with Gasteiger partial charge < -0.3 is 14.8 Å². The minimum atomic E-state index is 0.126. The number of hydrogen-bond acceptors (Lipinski definition) is 3. The Morgan fingerprint density at radius 1 is 1.22 bits per heavy atom. The van der Waals surface area contributed by atoms with Crippen LogP contribution in [0.1, 0.15) is 17.4 Å². The molecule has 0 spiro atoms. The minimum absolute atomic E-state index is 0.126. The number of nitrogens with zero attached hydrogens (tertiary/aromatic N) is 3. The third-order valence-electron chi connectivity index (χ3n) is 3.15. The maximum absolute atomic E-state index is 4.41. The van der Waals surface area contributed by atoms with Gasteiger partial charge in [-0.15, -0.1) is 0 Å². The molecule has 1 atom stereocenters. The molecule has 4 nitrogen and oxygen atoms in total. The molecule has 0 fully saturated rings. The summed E-state index contributed by atoms with van der Waals surface area (Å²) >= 11 is 0. The van der Waals surface area contributed by atoms with Crippen molar-refractivity contribution in [2.45, 2.75) is 6.04 Å². The second kappa shape index (κ2) is 5.23. The number of imidazole rings is 1. The zero-order chi connectivity index (χ0) is 13.1. The molecule has 0 saturated carbocycles. The Bertz CT molecular complexity index is 499. The largest absolute Gasteiger partial charge is 0.378 e. The summed E-state index contributed by atoms with van der Waals surface area (Å²) in [5, 5.41) is 3.31. The number of nitrogens with one attached hydrogen (secondary N) is 1. The summed E-state index contributed by atoms with van der Waals surface area (Å²) in [5.41, 5.74) is 2.42. The van der Waals surface area contributed by atoms with Crippen molar-refractivity contribution in [3.05, 3.63) is 48.0 Å². The molecule has 1 aromatic carbocycles. The lowest BCUT2D eigenvalue weighted by molar-refractivity contribution is 0.617. The van der Waals surface area contributed by atoms with Crippen LogP contribution in [0.15, 0.2) is 36.7 Å². The summed E-state index contributed by atoms with van der Waals surface area (Å²) in [7, 11) is 8.06. The van der Waals surface area contributed by atoms with Crippen molar-refractivity contribution in [1.29, 1.82) is 0 Å². The number of benzene rings is 1. The van der Waals surface area contributed by atoms with Crippen LogP contribution < -0.4 is 10.2 Å². The van der Waals surface area contributed by atoms with Crippen LogP contribution in [0.3, 0.4) is 0 Å². The molecule has 18 heavy (non-hydrogen) atoms. The summed E-state index contributed by atoms with van der Waals surface area (Å²) < 4.78 is 2.04. The number of hydrogen-bond donors (Lipinski definition) is 1. The number of aryl methyl sites for hydroxylation is 1. The fourth-order valence-corrected chi connectivity index (χ4v) is 2.07. The highest BCUT2D eigenvalue weighted by Crippen LogP contribution is 2.22. The van der Waals surface area contributed by atoms with E-state index >= 15 is 0 Å². The molecule has 1 heterocycles. The van der Waals surface area contributed by atoms with Crippen molar-refractivity contribution >= 4 is 5.69 Å². The first-order valence-electron chi connectivity index (χ1n) is 6.05. The van der Waals surface area contributed by atoms with E-state index in [-0.39, 0.29) is 6.04 Å². The van der Waals surface area contributed by atoms with E-state index in [2.05, 4.69) is 39.5 Å². The van der Waals surface area contributed by atoms with E-state index in [1.165, 1.54) is 11.3 Å². The molecule has 0 aliphatic rings. The molecule has 0 radical (unpaired) electrons. The molecular weight excluding hydrogens is 224 g/mol. The quantitative estimate of drug-likeness (QED) is 0.890. The minimum Gasteiger partial charge on any atom is -0.378 e. The highest BCUT2D eigenvalue weighted by molar-refractivity contribution is 5.47. The van der Waals surface area contributed by atoms with E-state index in [9.17, 15) is 0 Å². The van der Waals surface area contributed by atoms with Gasteiger partial charge in [0.2, 0.25) is 0 Å². The Kier molecular flexibility index (Phi) is 3.67. The SMILES string of the molecule is CNC(c1ccc(N(C)C)cc1)c1nccn1C. The van der Waals surface area contributed by atoms with Crippen LogP contribution >= 0.6 is 0 Å². The van der Waals surface area contributed by atoms with E-state index in [1.54, 1.807) is 0 Å². The summed E-state index contributed by atoms with van der Waals surface area (Å²) in [6.07, 6.45) is 3.79. The van der Waals surface area contributed by atoms with Gasteiger partial charge in [-0.25, -0.2) is 4.98 Å². The Hall–Kier alpha value is -1.81. The van der Waals surface area contributed by atoms with Crippen LogP contribution in [-0.2, 0) is 7.05 Å². The van der Waals surface area contributed by atoms with Gasteiger partial charge in [0, 0.05) is 39.2 Å². The second-order valence-electron chi connectivity index (χ2n) is 4.60. The molecular formula is C14H20N4. The van der Waals surface area contributed by atoms with E-state index in [0.29, 0.717) is 0 Å². The summed E-state index contributed by atoms with van der Waals surface area (Å²) in [4.78, 5) is 6.51. The molecule has 0 amide bonds. The molecule has 0 bridgehead atoms. The van der Waals surface area contributed by atoms with E-state index < -0.39 is 0 Å². The monoisotopic (exact) mass is 244 g/mol. The number of anilines is 1. The standard InChI is InChI=1S/C14H20N4/c1-15-13(14-16-9-10-18(14)4)11-5-7-12(8-6-11)17(2)3/h5-10,13,15H,1-4H3. The summed E-state index contributed by atoms with van der Waals surface area (Å²) in [5.74, 6) is 1.02. The molecule has 1 unspecified atom stereocenters. The Balaban J connectivity index is 2.31. The summed E-state index contributed by atoms with van der Waals surface area (Å²) in [6.45, 7) is 0. The molecule has 1 N–H and O–H groups in total. The lowest BCUT2D eigenvalue weighted by Gasteiger charge is -2.18. The van der Waals surface area contributed by atoms with Crippen LogP contribution in [0.5, 0.6) is 0 Å². The molecule has 0 aliphatic heterocycles. The van der Waals surface area contributed by atoms with E-state index in [0.717, 1.165) is 5.82 Å². The molecule has 0 aliphatic carbocycles. The summed E-state index contributed by atoms with van der Waals surface area (Å²) in [6, 6.07) is 8.67. The highest BCUT2D eigenvalue weighted by atomic mass is 15.1. The molecule has 2 aromatic rings. The highest BCUT2D eigenvalue weighted by Gasteiger charge is 2.15. The Labute approximate surface area is 108 Å². The lowest BCUT2D eigenvalue weighted by Crippen LogP contribution is -2.21. The molecule has 96 valence electrons. The fraction of sp³-hybridized carbons (Fsp3) is 0.357. The van der Waals surface area contributed by atoms with Gasteiger partial charge in [0.25, 0.3) is 0 Å². The zero-order valence-corrected chi connectivity index (χ0v) is 11.4. The van der Waals surface area contributed by atoms with Gasteiger partial charge in [-0.3, -0.25) is 0 Å². The van der Waals surface area contributed by atoms with Gasteiger partial charge in [0.1, 0.15) is 5.82 Å². The van der Waals surface area contributed by atoms with Crippen LogP contribution in [-0.4, -0.2) is 30.7 Å². The molecule has 4 heteroatoms. The van der Waals surface area contributed by atoms with Crippen molar-refractivity contribution in [2.24, 2.45) is 7.05 Å². The van der Waals surface area contributed by atoms with Crippen molar-refractivity contribution in [1.82, 2.24) is 14.9 Å². The van der Waals surface area contributed by atoms with Crippen LogP contribution in [0.25, 0.3) is 0 Å². The first-order chi connectivity index (χ1) is 8.63. The number of aromatic nitrogens is 2. The van der Waals surface area contributed by atoms with Crippen molar-refractivity contribution < 1.29 is 0 Å². The molecule has 2 rings (SSSR count). The first-order valence-corrected chi connectivity index (χ1v) is 6.05. The van der Waals surface area contributed by atoms with Gasteiger partial charge >= 0.3 is 0 Å². The Morgan fingerprint density at radius 2 is 1.89 bits per heavy atom. The maximum atomic E-state index is 4.41. The van der Waals surface area contributed by atoms with Crippen LogP contribution in [0, 0.1) is 0 Å². The van der Waals surface area contributed by atoms with E-state index in [1.807, 2.05) is 45.2 Å². The topological polar surface area (TPSA) is 33.1 Å². The first kappa shape index (κ1) is 12.6. The number of rotatable bonds is 4. The zero-order valence-electron chi connectivity index (χ0n) is 11.4. The lowest BCUT2D eigenvalue weighted by atomic mass is 10.1. The average molecular weight is 244 g/mol. The van der Waals surface area contributed by atoms with Crippen molar-refractivity contribution in [2.75, 3.05) is 26.0 Å². The fourth-order valence-electron chi connectivity index (χ4n) is 2.07. The van der Waals surface area contributed by atoms with Gasteiger partial charge in [-0.2, -0.15) is 0 Å². The van der Waals surface area contributed by atoms with Crippen LogP contribution in [0.2, 0.25) is 0 Å². The third kappa shape index (κ3) is 2.38. The smallest absolute Gasteiger partial charge is 0.130 e. The van der Waals surface area contributed by atoms with Gasteiger partial charge in [0.15, 0.2) is 0 Å². The maximum Gasteiger partial charge on any atom is 0.130 e. The Morgan fingerprint density at radius 3 is 2.33 bits per heavy atom. The normalized spacial score (nSPS) is 12.4. The van der Waals surface area contributed by atoms with Gasteiger partial charge in [0.05, 0.1) is 6.04 Å². The molecule has 1 aromatic heterocycles. The predicted molar refractivity (Wildman–Crippen MR) is 74.9 cm³/mol. The van der Waals surface area contributed by atoms with E-state index in [4.69, 9.17) is 0 Å². The van der Waals surface area contributed by atoms with Crippen molar-refractivity contribution in [3.63, 3.8) is 0 Å². The average Bonchev–Trinajstić information content (AvgIpc) is 2.78. The van der Waals surface area contributed by atoms with Gasteiger partial charge in [-0.05, 0) is 24.7 Å². The van der Waals surface area contributed by atoms with Gasteiger partial charge in [-0.1, -0.05) is 12.1 Å². The predicted octanol–water partition coefficient (Wildman–Crippen LogP) is 1.79. The second-order valence-corrected chi connectivity index (χ2v) is 4.60. The third-order valence-corrected chi connectivity index (χ3v) is 3.15. The van der Waals surface area contributed by atoms with Crippen LogP contribution in [0.4, 0.5) is 5.69 Å².